The first kappa shape index (κ1) is 14.2. The third kappa shape index (κ3) is 5.01. The van der Waals surface area contributed by atoms with E-state index in [0.717, 1.165) is 12.8 Å². The van der Waals surface area contributed by atoms with Crippen LogP contribution in [0.5, 0.6) is 0 Å². The van der Waals surface area contributed by atoms with E-state index in [9.17, 15) is 21.6 Å². The SMILES string of the molecule is CCCCCC(=N)NS(=O)(=O)C(F)(F)F. The van der Waals surface area contributed by atoms with Crippen LogP contribution in [0.4, 0.5) is 13.2 Å². The zero-order valence-electron chi connectivity index (χ0n) is 8.19. The van der Waals surface area contributed by atoms with E-state index < -0.39 is 21.4 Å². The van der Waals surface area contributed by atoms with Gasteiger partial charge >= 0.3 is 15.5 Å². The van der Waals surface area contributed by atoms with Crippen LogP contribution in [0.2, 0.25) is 0 Å². The van der Waals surface area contributed by atoms with Gasteiger partial charge in [0.2, 0.25) is 0 Å². The summed E-state index contributed by atoms with van der Waals surface area (Å²) in [4.78, 5) is 0. The van der Waals surface area contributed by atoms with E-state index >= 15 is 0 Å². The smallest absolute Gasteiger partial charge is 0.288 e. The molecular formula is C7H13F3N2O2S. The number of unbranched alkanes of at least 4 members (excludes halogenated alkanes) is 2. The Hall–Kier alpha value is -0.790. The average molecular weight is 246 g/mol. The average Bonchev–Trinajstić information content (AvgIpc) is 2.01. The molecule has 4 nitrogen and oxygen atoms in total. The molecule has 0 saturated carbocycles. The number of alkyl halides is 3. The van der Waals surface area contributed by atoms with E-state index in [1.165, 1.54) is 4.72 Å². The quantitative estimate of drug-likeness (QED) is 0.442. The van der Waals surface area contributed by atoms with E-state index in [0.29, 0.717) is 6.42 Å². The van der Waals surface area contributed by atoms with Crippen LogP contribution in [0.3, 0.4) is 0 Å². The molecule has 0 amide bonds. The Morgan fingerprint density at radius 3 is 2.27 bits per heavy atom. The number of hydrogen-bond acceptors (Lipinski definition) is 3. The summed E-state index contributed by atoms with van der Waals surface area (Å²) in [6.07, 6.45) is 2.09. The van der Waals surface area contributed by atoms with Crippen LogP contribution in [-0.4, -0.2) is 19.8 Å². The molecule has 0 rings (SSSR count). The largest absolute Gasteiger partial charge is 0.516 e. The highest BCUT2D eigenvalue weighted by Gasteiger charge is 2.46. The molecule has 2 N–H and O–H groups in total. The van der Waals surface area contributed by atoms with Crippen LogP contribution in [0.25, 0.3) is 0 Å². The van der Waals surface area contributed by atoms with E-state index in [2.05, 4.69) is 0 Å². The van der Waals surface area contributed by atoms with Gasteiger partial charge in [-0.15, -0.1) is 0 Å². The molecule has 0 aromatic rings. The second kappa shape index (κ2) is 5.34. The first-order valence-electron chi connectivity index (χ1n) is 4.37. The number of rotatable bonds is 5. The third-order valence-corrected chi connectivity index (χ3v) is 2.72. The van der Waals surface area contributed by atoms with Gasteiger partial charge in [0.25, 0.3) is 0 Å². The topological polar surface area (TPSA) is 70.0 Å². The zero-order valence-corrected chi connectivity index (χ0v) is 9.00. The van der Waals surface area contributed by atoms with Crippen LogP contribution in [0.1, 0.15) is 32.6 Å². The predicted octanol–water partition coefficient (Wildman–Crippen LogP) is 1.98. The van der Waals surface area contributed by atoms with Crippen molar-refractivity contribution in [2.24, 2.45) is 0 Å². The highest BCUT2D eigenvalue weighted by atomic mass is 32.2. The Morgan fingerprint density at radius 1 is 1.33 bits per heavy atom. The van der Waals surface area contributed by atoms with Crippen molar-refractivity contribution in [1.82, 2.24) is 4.72 Å². The molecule has 0 radical (unpaired) electrons. The summed E-state index contributed by atoms with van der Waals surface area (Å²) in [6, 6.07) is 0. The number of sulfonamides is 1. The number of amidine groups is 1. The molecule has 0 aromatic carbocycles. The zero-order chi connectivity index (χ0) is 12.1. The normalized spacial score (nSPS) is 12.5. The maximum Gasteiger partial charge on any atom is 0.516 e. The fourth-order valence-corrected chi connectivity index (χ4v) is 1.37. The Labute approximate surface area is 86.4 Å². The molecule has 0 aliphatic carbocycles. The predicted molar refractivity (Wildman–Crippen MR) is 50.0 cm³/mol. The van der Waals surface area contributed by atoms with Gasteiger partial charge < -0.3 is 0 Å². The molecule has 0 heterocycles. The monoisotopic (exact) mass is 246 g/mol. The van der Waals surface area contributed by atoms with Gasteiger partial charge in [0.05, 0.1) is 0 Å². The van der Waals surface area contributed by atoms with Gasteiger partial charge in [-0.3, -0.25) is 10.1 Å². The lowest BCUT2D eigenvalue weighted by atomic mass is 10.2. The highest BCUT2D eigenvalue weighted by Crippen LogP contribution is 2.21. The van der Waals surface area contributed by atoms with Gasteiger partial charge in [-0.1, -0.05) is 19.8 Å². The van der Waals surface area contributed by atoms with Gasteiger partial charge in [-0.05, 0) is 6.42 Å². The number of halogens is 3. The molecule has 0 fully saturated rings. The first-order valence-corrected chi connectivity index (χ1v) is 5.85. The van der Waals surface area contributed by atoms with Crippen molar-refractivity contribution >= 4 is 15.9 Å². The lowest BCUT2D eigenvalue weighted by Crippen LogP contribution is -2.39. The van der Waals surface area contributed by atoms with E-state index in [-0.39, 0.29) is 6.42 Å². The second-order valence-corrected chi connectivity index (χ2v) is 4.66. The van der Waals surface area contributed by atoms with E-state index in [1.807, 2.05) is 6.92 Å². The van der Waals surface area contributed by atoms with Crippen LogP contribution < -0.4 is 4.72 Å². The molecule has 0 aliphatic rings. The molecule has 0 spiro atoms. The van der Waals surface area contributed by atoms with Crippen LogP contribution in [-0.2, 0) is 10.0 Å². The third-order valence-electron chi connectivity index (χ3n) is 1.59. The Morgan fingerprint density at radius 2 is 1.87 bits per heavy atom. The minimum atomic E-state index is -5.41. The molecule has 0 saturated heterocycles. The molecule has 0 aliphatic heterocycles. The van der Waals surface area contributed by atoms with Gasteiger partial charge in [0, 0.05) is 6.42 Å². The van der Waals surface area contributed by atoms with E-state index in [1.54, 1.807) is 0 Å². The van der Waals surface area contributed by atoms with Crippen molar-refractivity contribution < 1.29 is 21.6 Å². The van der Waals surface area contributed by atoms with Crippen molar-refractivity contribution in [3.63, 3.8) is 0 Å². The van der Waals surface area contributed by atoms with Crippen LogP contribution >= 0.6 is 0 Å². The first-order chi connectivity index (χ1) is 6.70. The minimum absolute atomic E-state index is 0.00313. The lowest BCUT2D eigenvalue weighted by molar-refractivity contribution is -0.0442. The molecular weight excluding hydrogens is 233 g/mol. The number of nitrogens with one attached hydrogen (secondary N) is 2. The van der Waals surface area contributed by atoms with Gasteiger partial charge in [-0.25, -0.2) is 0 Å². The summed E-state index contributed by atoms with van der Waals surface area (Å²) >= 11 is 0. The van der Waals surface area contributed by atoms with Crippen molar-refractivity contribution in [3.8, 4) is 0 Å². The molecule has 0 aromatic heterocycles. The Balaban J connectivity index is 4.19. The summed E-state index contributed by atoms with van der Waals surface area (Å²) in [5, 5.41) is 7.01. The van der Waals surface area contributed by atoms with Gasteiger partial charge in [0.15, 0.2) is 0 Å². The Bertz CT molecular complexity index is 311. The standard InChI is InChI=1S/C7H13F3N2O2S/c1-2-3-4-5-6(11)12-15(13,14)7(8,9)10/h2-5H2,1H3,(H2,11,12). The van der Waals surface area contributed by atoms with Crippen LogP contribution in [0, 0.1) is 5.41 Å². The van der Waals surface area contributed by atoms with Crippen molar-refractivity contribution in [1.29, 1.82) is 5.41 Å². The number of hydrogen-bond donors (Lipinski definition) is 2. The van der Waals surface area contributed by atoms with Crippen molar-refractivity contribution in [3.05, 3.63) is 0 Å². The molecule has 0 atom stereocenters. The lowest BCUT2D eigenvalue weighted by Gasteiger charge is -2.10. The fraction of sp³-hybridized carbons (Fsp3) is 0.857. The molecule has 0 unspecified atom stereocenters. The van der Waals surface area contributed by atoms with Gasteiger partial charge in [-0.2, -0.15) is 21.6 Å². The summed E-state index contributed by atoms with van der Waals surface area (Å²) in [5.74, 6) is -0.624. The molecule has 15 heavy (non-hydrogen) atoms. The molecule has 90 valence electrons. The maximum atomic E-state index is 11.8. The summed E-state index contributed by atoms with van der Waals surface area (Å²) in [6.45, 7) is 1.89. The highest BCUT2D eigenvalue weighted by molar-refractivity contribution is 7.90. The van der Waals surface area contributed by atoms with Gasteiger partial charge in [0.1, 0.15) is 5.84 Å². The summed E-state index contributed by atoms with van der Waals surface area (Å²) < 4.78 is 57.7. The molecule has 8 heteroatoms. The maximum absolute atomic E-state index is 11.8. The van der Waals surface area contributed by atoms with Crippen molar-refractivity contribution in [2.45, 2.75) is 38.1 Å². The minimum Gasteiger partial charge on any atom is -0.288 e. The Kier molecular flexibility index (Phi) is 5.06. The summed E-state index contributed by atoms with van der Waals surface area (Å²) in [5.41, 5.74) is -5.36. The van der Waals surface area contributed by atoms with Crippen molar-refractivity contribution in [2.75, 3.05) is 0 Å². The van der Waals surface area contributed by atoms with Crippen LogP contribution in [0.15, 0.2) is 0 Å². The second-order valence-electron chi connectivity index (χ2n) is 2.99. The fourth-order valence-electron chi connectivity index (χ4n) is 0.823. The summed E-state index contributed by atoms with van der Waals surface area (Å²) in [7, 11) is -5.41. The molecule has 0 bridgehead atoms. The van der Waals surface area contributed by atoms with E-state index in [4.69, 9.17) is 5.41 Å².